The number of unbranched alkanes of at least 4 members (excludes halogenated alkanes) is 1. The fourth-order valence-electron chi connectivity index (χ4n) is 4.16. The van der Waals surface area contributed by atoms with E-state index in [0.29, 0.717) is 23.9 Å². The minimum Gasteiger partial charge on any atom is -0.492 e. The Bertz CT molecular complexity index is 1120. The predicted molar refractivity (Wildman–Crippen MR) is 143 cm³/mol. The van der Waals surface area contributed by atoms with Crippen LogP contribution in [0.2, 0.25) is 0 Å². The average molecular weight is 450 g/mol. The van der Waals surface area contributed by atoms with Crippen molar-refractivity contribution >= 4 is 5.57 Å². The zero-order valence-electron chi connectivity index (χ0n) is 20.6. The number of rotatable bonds is 11. The van der Waals surface area contributed by atoms with E-state index in [4.69, 9.17) is 4.74 Å². The first-order valence-electron chi connectivity index (χ1n) is 12.4. The molecule has 0 heterocycles. The first-order chi connectivity index (χ1) is 16.7. The van der Waals surface area contributed by atoms with Gasteiger partial charge in [0.2, 0.25) is 0 Å². The van der Waals surface area contributed by atoms with Gasteiger partial charge < -0.3 is 4.74 Å². The summed E-state index contributed by atoms with van der Waals surface area (Å²) in [7, 11) is 0. The Morgan fingerprint density at radius 3 is 2.00 bits per heavy atom. The van der Waals surface area contributed by atoms with Crippen LogP contribution in [-0.2, 0) is 4.74 Å². The molecule has 0 aliphatic carbocycles. The topological polar surface area (TPSA) is 33.0 Å². The summed E-state index contributed by atoms with van der Waals surface area (Å²) in [5.74, 6) is 1.16. The van der Waals surface area contributed by atoms with Crippen LogP contribution in [-0.4, -0.2) is 6.61 Å². The highest BCUT2D eigenvalue weighted by Gasteiger charge is 2.18. The predicted octanol–water partition coefficient (Wildman–Crippen LogP) is 8.82. The van der Waals surface area contributed by atoms with Gasteiger partial charge in [-0.2, -0.15) is 5.26 Å². The molecule has 0 fully saturated rings. The maximum atomic E-state index is 10.3. The molecule has 0 N–H and O–H groups in total. The highest BCUT2D eigenvalue weighted by atomic mass is 16.5. The number of hydrogen-bond acceptors (Lipinski definition) is 2. The van der Waals surface area contributed by atoms with Gasteiger partial charge in [0.25, 0.3) is 0 Å². The van der Waals surface area contributed by atoms with Gasteiger partial charge in [-0.15, -0.1) is 0 Å². The normalized spacial score (nSPS) is 13.1. The molecule has 34 heavy (non-hydrogen) atoms. The van der Waals surface area contributed by atoms with Crippen molar-refractivity contribution in [2.24, 2.45) is 5.92 Å². The second kappa shape index (κ2) is 13.2. The van der Waals surface area contributed by atoms with E-state index in [2.05, 4.69) is 68.4 Å². The molecule has 2 nitrogen and oxygen atoms in total. The quantitative estimate of drug-likeness (QED) is 0.166. The zero-order valence-corrected chi connectivity index (χ0v) is 20.6. The number of benzene rings is 3. The Morgan fingerprint density at radius 2 is 1.44 bits per heavy atom. The SMILES string of the molecule is C/C=C(OCC(CC)CCCC)/C(C#N)=C(/c1ccccc1)c1ccc(-c2ccccc2)cc1. The van der Waals surface area contributed by atoms with Gasteiger partial charge in [-0.05, 0) is 47.6 Å². The van der Waals surface area contributed by atoms with Crippen molar-refractivity contribution in [1.29, 1.82) is 5.26 Å². The minimum absolute atomic E-state index is 0.500. The Kier molecular flexibility index (Phi) is 9.74. The van der Waals surface area contributed by atoms with Gasteiger partial charge in [-0.3, -0.25) is 0 Å². The summed E-state index contributed by atoms with van der Waals surface area (Å²) in [6, 6.07) is 31.4. The molecule has 3 aromatic carbocycles. The molecule has 0 saturated carbocycles. The van der Waals surface area contributed by atoms with Crippen molar-refractivity contribution in [1.82, 2.24) is 0 Å². The van der Waals surface area contributed by atoms with E-state index < -0.39 is 0 Å². The Hall–Kier alpha value is -3.57. The van der Waals surface area contributed by atoms with Crippen LogP contribution >= 0.6 is 0 Å². The van der Waals surface area contributed by atoms with E-state index in [-0.39, 0.29) is 0 Å². The van der Waals surface area contributed by atoms with E-state index in [1.54, 1.807) is 0 Å². The molecule has 1 atom stereocenters. The lowest BCUT2D eigenvalue weighted by molar-refractivity contribution is 0.162. The van der Waals surface area contributed by atoms with E-state index in [1.807, 2.05) is 49.4 Å². The summed E-state index contributed by atoms with van der Waals surface area (Å²) in [4.78, 5) is 0. The van der Waals surface area contributed by atoms with Gasteiger partial charge in [0.15, 0.2) is 0 Å². The van der Waals surface area contributed by atoms with Crippen LogP contribution in [0.3, 0.4) is 0 Å². The van der Waals surface area contributed by atoms with Gasteiger partial charge in [-0.25, -0.2) is 0 Å². The van der Waals surface area contributed by atoms with Crippen LogP contribution in [0.1, 0.15) is 57.6 Å². The average Bonchev–Trinajstić information content (AvgIpc) is 2.91. The Labute approximate surface area is 205 Å². The third kappa shape index (κ3) is 6.49. The van der Waals surface area contributed by atoms with Crippen molar-refractivity contribution in [2.75, 3.05) is 6.61 Å². The van der Waals surface area contributed by atoms with E-state index in [9.17, 15) is 5.26 Å². The fourth-order valence-corrected chi connectivity index (χ4v) is 4.16. The van der Waals surface area contributed by atoms with Crippen LogP contribution in [0.5, 0.6) is 0 Å². The molecular weight excluding hydrogens is 414 g/mol. The summed E-state index contributed by atoms with van der Waals surface area (Å²) >= 11 is 0. The maximum absolute atomic E-state index is 10.3. The lowest BCUT2D eigenvalue weighted by Gasteiger charge is -2.19. The first-order valence-corrected chi connectivity index (χ1v) is 12.4. The number of nitrogens with zero attached hydrogens (tertiary/aromatic N) is 1. The molecule has 1 unspecified atom stereocenters. The standard InChI is InChI=1S/C32H35NO/c1-4-7-14-25(5-2)24-34-31(6-3)30(23-33)32(28-17-12-9-13-18-28)29-21-19-27(20-22-29)26-15-10-8-11-16-26/h6,8-13,15-22,25H,4-5,7,14,24H2,1-3H3/b31-6-,32-30-. The van der Waals surface area contributed by atoms with Crippen molar-refractivity contribution < 1.29 is 4.74 Å². The zero-order chi connectivity index (χ0) is 24.2. The molecule has 0 aliphatic heterocycles. The first kappa shape index (κ1) is 25.1. The largest absolute Gasteiger partial charge is 0.492 e. The van der Waals surface area contributed by atoms with Crippen molar-refractivity contribution in [3.63, 3.8) is 0 Å². The highest BCUT2D eigenvalue weighted by molar-refractivity contribution is 5.87. The van der Waals surface area contributed by atoms with E-state index >= 15 is 0 Å². The molecule has 0 radical (unpaired) electrons. The molecule has 0 bridgehead atoms. The Morgan fingerprint density at radius 1 is 0.853 bits per heavy atom. The second-order valence-electron chi connectivity index (χ2n) is 8.55. The molecular formula is C32H35NO. The molecule has 0 amide bonds. The Balaban J connectivity index is 2.00. The molecule has 174 valence electrons. The van der Waals surface area contributed by atoms with E-state index in [0.717, 1.165) is 35.1 Å². The lowest BCUT2D eigenvalue weighted by Crippen LogP contribution is -2.10. The number of ether oxygens (including phenoxy) is 1. The summed E-state index contributed by atoms with van der Waals surface area (Å²) in [6.07, 6.45) is 6.55. The second-order valence-corrected chi connectivity index (χ2v) is 8.55. The van der Waals surface area contributed by atoms with Crippen LogP contribution in [0.15, 0.2) is 102 Å². The third-order valence-corrected chi connectivity index (χ3v) is 6.23. The lowest BCUT2D eigenvalue weighted by atomic mass is 9.91. The monoisotopic (exact) mass is 449 g/mol. The van der Waals surface area contributed by atoms with Crippen LogP contribution in [0, 0.1) is 17.2 Å². The molecule has 0 saturated heterocycles. The van der Waals surface area contributed by atoms with E-state index in [1.165, 1.54) is 18.4 Å². The fraction of sp³-hybridized carbons (Fsp3) is 0.281. The van der Waals surface area contributed by atoms with Gasteiger partial charge >= 0.3 is 0 Å². The summed E-state index contributed by atoms with van der Waals surface area (Å²) in [5, 5.41) is 10.3. The van der Waals surface area contributed by atoms with Gasteiger partial charge in [0.1, 0.15) is 17.4 Å². The van der Waals surface area contributed by atoms with Gasteiger partial charge in [-0.1, -0.05) is 118 Å². The van der Waals surface area contributed by atoms with Crippen LogP contribution < -0.4 is 0 Å². The highest BCUT2D eigenvalue weighted by Crippen LogP contribution is 2.32. The molecule has 2 heteroatoms. The summed E-state index contributed by atoms with van der Waals surface area (Å²) in [6.45, 7) is 7.01. The number of allylic oxidation sites excluding steroid dienone is 2. The van der Waals surface area contributed by atoms with Gasteiger partial charge in [0.05, 0.1) is 6.61 Å². The smallest absolute Gasteiger partial charge is 0.133 e. The molecule has 0 spiro atoms. The van der Waals surface area contributed by atoms with Crippen LogP contribution in [0.25, 0.3) is 16.7 Å². The van der Waals surface area contributed by atoms with Crippen molar-refractivity contribution in [2.45, 2.75) is 46.5 Å². The van der Waals surface area contributed by atoms with Gasteiger partial charge in [0, 0.05) is 5.57 Å². The van der Waals surface area contributed by atoms with Crippen molar-refractivity contribution in [3.05, 3.63) is 113 Å². The third-order valence-electron chi connectivity index (χ3n) is 6.23. The number of hydrogen-bond donors (Lipinski definition) is 0. The maximum Gasteiger partial charge on any atom is 0.133 e. The number of nitriles is 1. The summed E-state index contributed by atoms with van der Waals surface area (Å²) in [5.41, 5.74) is 5.81. The molecule has 3 aromatic rings. The molecule has 3 rings (SSSR count). The van der Waals surface area contributed by atoms with Crippen molar-refractivity contribution in [3.8, 4) is 17.2 Å². The summed E-state index contributed by atoms with van der Waals surface area (Å²) < 4.78 is 6.29. The molecule has 0 aromatic heterocycles. The molecule has 0 aliphatic rings. The van der Waals surface area contributed by atoms with Crippen LogP contribution in [0.4, 0.5) is 0 Å². The minimum atomic E-state index is 0.500.